The van der Waals surface area contributed by atoms with Crippen LogP contribution in [0.1, 0.15) is 0 Å². The van der Waals surface area contributed by atoms with Gasteiger partial charge in [-0.3, -0.25) is 0 Å². The van der Waals surface area contributed by atoms with Crippen LogP contribution in [0.5, 0.6) is 11.5 Å². The van der Waals surface area contributed by atoms with Crippen LogP contribution in [-0.4, -0.2) is 0 Å². The van der Waals surface area contributed by atoms with E-state index >= 15 is 0 Å². The first kappa shape index (κ1) is 39.4. The van der Waals surface area contributed by atoms with Crippen LogP contribution in [0.25, 0.3) is 98.4 Å². The van der Waals surface area contributed by atoms with Crippen LogP contribution in [0.2, 0.25) is 0 Å². The maximum absolute atomic E-state index is 7.17. The van der Waals surface area contributed by atoms with Gasteiger partial charge in [0.25, 0.3) is 0 Å². The highest BCUT2D eigenvalue weighted by Gasteiger charge is 2.28. The van der Waals surface area contributed by atoms with Gasteiger partial charge in [0, 0.05) is 71.7 Å². The molecule has 12 aromatic carbocycles. The fourth-order valence-electron chi connectivity index (χ4n) is 11.3. The number of anilines is 6. The fourth-order valence-corrected chi connectivity index (χ4v) is 11.3. The summed E-state index contributed by atoms with van der Waals surface area (Å²) in [6.07, 6.45) is 0. The first-order valence-corrected chi connectivity index (χ1v) is 24.1. The number of nitrogens with zero attached hydrogens (tertiary/aromatic N) is 2. The average molecular weight is 909 g/mol. The third-order valence-electron chi connectivity index (χ3n) is 14.4. The Morgan fingerprint density at radius 1 is 0.268 bits per heavy atom. The predicted octanol–water partition coefficient (Wildman–Crippen LogP) is 19.3. The zero-order valence-electron chi connectivity index (χ0n) is 38.2. The van der Waals surface area contributed by atoms with E-state index in [0.29, 0.717) is 0 Å². The highest BCUT2D eigenvalue weighted by atomic mass is 16.5. The van der Waals surface area contributed by atoms with Crippen LogP contribution in [0.15, 0.2) is 251 Å². The van der Waals surface area contributed by atoms with Gasteiger partial charge in [-0.25, -0.2) is 0 Å². The van der Waals surface area contributed by atoms with E-state index in [0.717, 1.165) is 139 Å². The number of para-hydroxylation sites is 6. The molecular formula is C66H40N2O3. The van der Waals surface area contributed by atoms with Gasteiger partial charge in [-0.2, -0.15) is 0 Å². The molecular weight excluding hydrogens is 869 g/mol. The quantitative estimate of drug-likeness (QED) is 0.142. The lowest BCUT2D eigenvalue weighted by molar-refractivity contribution is 0.493. The molecule has 15 rings (SSSR count). The summed E-state index contributed by atoms with van der Waals surface area (Å²) >= 11 is 0. The monoisotopic (exact) mass is 908 g/mol. The molecule has 5 nitrogen and oxygen atoms in total. The van der Waals surface area contributed by atoms with Crippen molar-refractivity contribution < 1.29 is 13.6 Å². The van der Waals surface area contributed by atoms with Crippen LogP contribution in [0.3, 0.4) is 0 Å². The van der Waals surface area contributed by atoms with Crippen LogP contribution < -0.4 is 14.5 Å². The van der Waals surface area contributed by atoms with E-state index in [9.17, 15) is 0 Å². The molecule has 2 aromatic heterocycles. The molecule has 0 saturated carbocycles. The molecule has 0 radical (unpaired) electrons. The highest BCUT2D eigenvalue weighted by molar-refractivity contribution is 6.28. The molecule has 0 N–H and O–H groups in total. The third kappa shape index (κ3) is 6.00. The van der Waals surface area contributed by atoms with Crippen molar-refractivity contribution >= 4 is 110 Å². The predicted molar refractivity (Wildman–Crippen MR) is 294 cm³/mol. The van der Waals surface area contributed by atoms with Crippen molar-refractivity contribution in [3.05, 3.63) is 243 Å². The van der Waals surface area contributed by atoms with Gasteiger partial charge in [0.05, 0.1) is 22.7 Å². The molecule has 0 atom stereocenters. The Balaban J connectivity index is 0.930. The van der Waals surface area contributed by atoms with E-state index in [2.05, 4.69) is 240 Å². The van der Waals surface area contributed by atoms with Gasteiger partial charge in [-0.1, -0.05) is 182 Å². The minimum atomic E-state index is 0.807. The Hall–Kier alpha value is -9.58. The minimum Gasteiger partial charge on any atom is -0.456 e. The van der Waals surface area contributed by atoms with Crippen LogP contribution in [0.4, 0.5) is 34.1 Å². The van der Waals surface area contributed by atoms with Crippen LogP contribution in [-0.2, 0) is 0 Å². The van der Waals surface area contributed by atoms with E-state index in [1.54, 1.807) is 0 Å². The van der Waals surface area contributed by atoms with Crippen molar-refractivity contribution in [2.75, 3.05) is 9.80 Å². The summed E-state index contributed by atoms with van der Waals surface area (Å²) < 4.78 is 21.2. The Morgan fingerprint density at radius 2 is 0.761 bits per heavy atom. The smallest absolute Gasteiger partial charge is 0.159 e. The number of hydrogen-bond donors (Lipinski definition) is 0. The molecule has 5 heteroatoms. The number of hydrogen-bond acceptors (Lipinski definition) is 5. The zero-order valence-corrected chi connectivity index (χ0v) is 38.2. The molecule has 1 aliphatic heterocycles. The largest absolute Gasteiger partial charge is 0.456 e. The minimum absolute atomic E-state index is 0.807. The van der Waals surface area contributed by atoms with Gasteiger partial charge in [-0.15, -0.1) is 0 Å². The molecule has 332 valence electrons. The molecule has 0 amide bonds. The highest BCUT2D eigenvalue weighted by Crippen LogP contribution is 2.54. The van der Waals surface area contributed by atoms with Gasteiger partial charge in [0.1, 0.15) is 22.7 Å². The van der Waals surface area contributed by atoms with Crippen molar-refractivity contribution in [3.63, 3.8) is 0 Å². The summed E-state index contributed by atoms with van der Waals surface area (Å²) in [7, 11) is 0. The number of benzene rings is 12. The average Bonchev–Trinajstić information content (AvgIpc) is 4.02. The summed E-state index contributed by atoms with van der Waals surface area (Å²) in [5.74, 6) is 1.62. The topological polar surface area (TPSA) is 42.0 Å². The Morgan fingerprint density at radius 3 is 1.35 bits per heavy atom. The van der Waals surface area contributed by atoms with Crippen molar-refractivity contribution in [2.24, 2.45) is 0 Å². The summed E-state index contributed by atoms with van der Waals surface area (Å²) in [6.45, 7) is 0. The van der Waals surface area contributed by atoms with E-state index in [-0.39, 0.29) is 0 Å². The first-order chi connectivity index (χ1) is 35.2. The SMILES string of the molecule is c1ccc(-c2cccc3c2oc2c(N(c4ccccc4)c4cc5c6c(ccc7ccc8c(N(c9ccccc9)c9cccc%10c9oc9c(-c%11ccccc%11)cccc9%10)ccc(c8c76)O5)c4)cccc23)cc1. The zero-order chi connectivity index (χ0) is 46.6. The van der Waals surface area contributed by atoms with E-state index in [1.165, 1.54) is 5.39 Å². The molecule has 0 bridgehead atoms. The molecule has 0 fully saturated rings. The lowest BCUT2D eigenvalue weighted by Crippen LogP contribution is -2.12. The van der Waals surface area contributed by atoms with Gasteiger partial charge in [-0.05, 0) is 76.5 Å². The molecule has 14 aromatic rings. The molecule has 1 aliphatic rings. The van der Waals surface area contributed by atoms with Gasteiger partial charge in [0.15, 0.2) is 11.2 Å². The van der Waals surface area contributed by atoms with Gasteiger partial charge in [0.2, 0.25) is 0 Å². The summed E-state index contributed by atoms with van der Waals surface area (Å²) in [6, 6.07) is 85.7. The summed E-state index contributed by atoms with van der Waals surface area (Å²) in [5.41, 5.74) is 13.7. The van der Waals surface area contributed by atoms with Crippen molar-refractivity contribution in [1.29, 1.82) is 0 Å². The lowest BCUT2D eigenvalue weighted by Gasteiger charge is -2.30. The van der Waals surface area contributed by atoms with Crippen LogP contribution in [0, 0.1) is 0 Å². The second-order valence-electron chi connectivity index (χ2n) is 18.3. The Kier molecular flexibility index (Phi) is 8.59. The van der Waals surface area contributed by atoms with Gasteiger partial charge < -0.3 is 23.4 Å². The molecule has 0 unspecified atom stereocenters. The molecule has 0 saturated heterocycles. The normalized spacial score (nSPS) is 12.1. The number of ether oxygens (including phenoxy) is 1. The van der Waals surface area contributed by atoms with Gasteiger partial charge >= 0.3 is 0 Å². The van der Waals surface area contributed by atoms with E-state index in [1.807, 2.05) is 12.1 Å². The molecule has 71 heavy (non-hydrogen) atoms. The number of fused-ring (bicyclic) bond motifs is 6. The third-order valence-corrected chi connectivity index (χ3v) is 14.4. The van der Waals surface area contributed by atoms with E-state index in [4.69, 9.17) is 13.6 Å². The summed E-state index contributed by atoms with van der Waals surface area (Å²) in [4.78, 5) is 4.64. The lowest BCUT2D eigenvalue weighted by atomic mass is 9.92. The van der Waals surface area contributed by atoms with Crippen molar-refractivity contribution in [1.82, 2.24) is 0 Å². The molecule has 0 spiro atoms. The maximum atomic E-state index is 7.17. The molecule has 3 heterocycles. The second-order valence-corrected chi connectivity index (χ2v) is 18.3. The number of rotatable bonds is 8. The van der Waals surface area contributed by atoms with Crippen molar-refractivity contribution in [2.45, 2.75) is 0 Å². The fraction of sp³-hybridized carbons (Fsp3) is 0. The van der Waals surface area contributed by atoms with Crippen LogP contribution >= 0.6 is 0 Å². The summed E-state index contributed by atoms with van der Waals surface area (Å²) in [5, 5.41) is 10.9. The first-order valence-electron chi connectivity index (χ1n) is 24.1. The standard InChI is InChI=1S/C66H40N2O3/c1-5-17-41(18-6-1)48-25-13-27-50-52-29-15-31-56(65(52)70-63(48)50)67(45-21-9-3-10-22-45)47-39-44-34-33-43-35-36-54-55(37-38-58-62(54)61(43)60(44)59(40-47)69-58)68(46-23-11-4-12-24-46)57-32-16-30-53-51-28-14-26-49(64(51)71-66(53)57)42-19-7-2-8-20-42/h1-40H. The Bertz CT molecular complexity index is 4430. The Labute approximate surface area is 408 Å². The molecule has 0 aliphatic carbocycles. The number of furan rings is 2. The van der Waals surface area contributed by atoms with E-state index < -0.39 is 0 Å². The second kappa shape index (κ2) is 15.5. The van der Waals surface area contributed by atoms with Crippen molar-refractivity contribution in [3.8, 4) is 33.8 Å². The maximum Gasteiger partial charge on any atom is 0.159 e.